The smallest absolute Gasteiger partial charge is 0.294 e. The number of hydrogen-bond donors (Lipinski definition) is 0. The lowest BCUT2D eigenvalue weighted by Gasteiger charge is -2.23. The molecule has 0 aliphatic carbocycles. The predicted octanol–water partition coefficient (Wildman–Crippen LogP) is 3.51. The molecule has 25 heavy (non-hydrogen) atoms. The Morgan fingerprint density at radius 3 is 2.32 bits per heavy atom. The van der Waals surface area contributed by atoms with Crippen LogP contribution in [0.5, 0.6) is 0 Å². The molecule has 7 heteroatoms. The number of thioether (sulfide) groups is 1. The first-order chi connectivity index (χ1) is 12.0. The fraction of sp³-hybridized carbons (Fsp3) is 0.389. The van der Waals surface area contributed by atoms with Crippen LogP contribution in [0.25, 0.3) is 6.08 Å². The van der Waals surface area contributed by atoms with Gasteiger partial charge in [-0.15, -0.1) is 0 Å². The van der Waals surface area contributed by atoms with Crippen LogP contribution in [0.15, 0.2) is 29.2 Å². The number of rotatable bonds is 7. The molecule has 1 aliphatic rings. The standard InChI is InChI=1S/C18H21FN2O3S/c1-3-9-20(10-4-2)16(22)12-21-17(23)15(25-18(21)24)11-13-5-7-14(19)8-6-13/h5-8,11H,3-4,9-10,12H2,1-2H3/b15-11-. The predicted molar refractivity (Wildman–Crippen MR) is 96.2 cm³/mol. The van der Waals surface area contributed by atoms with Gasteiger partial charge in [-0.1, -0.05) is 26.0 Å². The van der Waals surface area contributed by atoms with E-state index in [4.69, 9.17) is 0 Å². The van der Waals surface area contributed by atoms with E-state index in [-0.39, 0.29) is 23.2 Å². The maximum absolute atomic E-state index is 12.9. The third-order valence-electron chi connectivity index (χ3n) is 3.67. The summed E-state index contributed by atoms with van der Waals surface area (Å²) in [5, 5.41) is -0.459. The van der Waals surface area contributed by atoms with Crippen LogP contribution in [0.1, 0.15) is 32.3 Å². The van der Waals surface area contributed by atoms with E-state index < -0.39 is 11.1 Å². The van der Waals surface area contributed by atoms with E-state index in [0.29, 0.717) is 18.7 Å². The van der Waals surface area contributed by atoms with Gasteiger partial charge in [0, 0.05) is 13.1 Å². The Morgan fingerprint density at radius 2 is 1.76 bits per heavy atom. The SMILES string of the molecule is CCCN(CCC)C(=O)CN1C(=O)S/C(=C\c2ccc(F)cc2)C1=O. The third kappa shape index (κ3) is 4.92. The van der Waals surface area contributed by atoms with Gasteiger partial charge in [0.15, 0.2) is 0 Å². The highest BCUT2D eigenvalue weighted by atomic mass is 32.2. The van der Waals surface area contributed by atoms with E-state index in [9.17, 15) is 18.8 Å². The minimum atomic E-state index is -0.486. The molecule has 5 nitrogen and oxygen atoms in total. The monoisotopic (exact) mass is 364 g/mol. The number of hydrogen-bond acceptors (Lipinski definition) is 4. The average Bonchev–Trinajstić information content (AvgIpc) is 2.84. The first kappa shape index (κ1) is 19.2. The topological polar surface area (TPSA) is 57.7 Å². The van der Waals surface area contributed by atoms with Gasteiger partial charge in [0.2, 0.25) is 5.91 Å². The summed E-state index contributed by atoms with van der Waals surface area (Å²) in [6, 6.07) is 5.62. The van der Waals surface area contributed by atoms with E-state index in [2.05, 4.69) is 0 Å². The zero-order chi connectivity index (χ0) is 18.4. The van der Waals surface area contributed by atoms with Gasteiger partial charge in [0.05, 0.1) is 4.91 Å². The highest BCUT2D eigenvalue weighted by Crippen LogP contribution is 2.32. The van der Waals surface area contributed by atoms with Gasteiger partial charge in [0.1, 0.15) is 12.4 Å². The highest BCUT2D eigenvalue weighted by molar-refractivity contribution is 8.18. The molecule has 0 bridgehead atoms. The second-order valence-electron chi connectivity index (χ2n) is 5.70. The van der Waals surface area contributed by atoms with Crippen molar-refractivity contribution in [3.05, 3.63) is 40.6 Å². The average molecular weight is 364 g/mol. The van der Waals surface area contributed by atoms with Gasteiger partial charge >= 0.3 is 0 Å². The lowest BCUT2D eigenvalue weighted by molar-refractivity contribution is -0.135. The van der Waals surface area contributed by atoms with Crippen LogP contribution in [0.2, 0.25) is 0 Å². The maximum Gasteiger partial charge on any atom is 0.294 e. The highest BCUT2D eigenvalue weighted by Gasteiger charge is 2.36. The van der Waals surface area contributed by atoms with Crippen molar-refractivity contribution in [2.45, 2.75) is 26.7 Å². The van der Waals surface area contributed by atoms with E-state index in [1.54, 1.807) is 4.90 Å². The molecular formula is C18H21FN2O3S. The summed E-state index contributed by atoms with van der Waals surface area (Å²) in [6.45, 7) is 4.91. The number of carbonyl (C=O) groups is 3. The second-order valence-corrected chi connectivity index (χ2v) is 6.69. The van der Waals surface area contributed by atoms with Crippen LogP contribution in [0.3, 0.4) is 0 Å². The summed E-state index contributed by atoms with van der Waals surface area (Å²) in [5.74, 6) is -1.09. The fourth-order valence-corrected chi connectivity index (χ4v) is 3.32. The van der Waals surface area contributed by atoms with Gasteiger partial charge in [-0.25, -0.2) is 4.39 Å². The number of halogens is 1. The van der Waals surface area contributed by atoms with Crippen molar-refractivity contribution in [3.63, 3.8) is 0 Å². The molecule has 1 saturated heterocycles. The molecule has 0 unspecified atom stereocenters. The zero-order valence-corrected chi connectivity index (χ0v) is 15.1. The first-order valence-corrected chi connectivity index (χ1v) is 9.06. The molecule has 134 valence electrons. The van der Waals surface area contributed by atoms with E-state index in [0.717, 1.165) is 29.5 Å². The number of carbonyl (C=O) groups excluding carboxylic acids is 3. The van der Waals surface area contributed by atoms with Crippen molar-refractivity contribution in [3.8, 4) is 0 Å². The summed E-state index contributed by atoms with van der Waals surface area (Å²) in [4.78, 5) is 39.8. The van der Waals surface area contributed by atoms with Gasteiger partial charge in [-0.3, -0.25) is 19.3 Å². The normalized spacial score (nSPS) is 16.0. The molecule has 0 saturated carbocycles. The van der Waals surface area contributed by atoms with Gasteiger partial charge in [-0.2, -0.15) is 0 Å². The summed E-state index contributed by atoms with van der Waals surface area (Å²) >= 11 is 0.795. The number of nitrogens with zero attached hydrogens (tertiary/aromatic N) is 2. The fourth-order valence-electron chi connectivity index (χ4n) is 2.48. The Kier molecular flexibility index (Phi) is 6.75. The van der Waals surface area contributed by atoms with Gasteiger partial charge < -0.3 is 4.90 Å². The summed E-state index contributed by atoms with van der Waals surface area (Å²) in [6.07, 6.45) is 3.17. The largest absolute Gasteiger partial charge is 0.341 e. The van der Waals surface area contributed by atoms with Crippen LogP contribution in [-0.4, -0.2) is 46.5 Å². The molecule has 1 fully saturated rings. The molecule has 0 atom stereocenters. The second kappa shape index (κ2) is 8.80. The van der Waals surface area contributed by atoms with E-state index in [1.165, 1.54) is 30.3 Å². The van der Waals surface area contributed by atoms with Crippen LogP contribution in [0.4, 0.5) is 9.18 Å². The summed E-state index contributed by atoms with van der Waals surface area (Å²) in [5.41, 5.74) is 0.622. The zero-order valence-electron chi connectivity index (χ0n) is 14.3. The van der Waals surface area contributed by atoms with Crippen molar-refractivity contribution >= 4 is 34.9 Å². The Morgan fingerprint density at radius 1 is 1.16 bits per heavy atom. The van der Waals surface area contributed by atoms with Gasteiger partial charge in [0.25, 0.3) is 11.1 Å². The Bertz CT molecular complexity index is 682. The first-order valence-electron chi connectivity index (χ1n) is 8.25. The van der Waals surface area contributed by atoms with E-state index >= 15 is 0 Å². The van der Waals surface area contributed by atoms with Crippen molar-refractivity contribution in [2.24, 2.45) is 0 Å². The molecule has 1 aromatic rings. The molecule has 1 heterocycles. The van der Waals surface area contributed by atoms with E-state index in [1.807, 2.05) is 13.8 Å². The molecule has 0 radical (unpaired) electrons. The summed E-state index contributed by atoms with van der Waals surface area (Å²) in [7, 11) is 0. The minimum Gasteiger partial charge on any atom is -0.341 e. The molecule has 2 rings (SSSR count). The molecule has 1 aromatic carbocycles. The Balaban J connectivity index is 2.10. The molecule has 1 aliphatic heterocycles. The summed E-state index contributed by atoms with van der Waals surface area (Å²) < 4.78 is 12.9. The Hall–Kier alpha value is -2.15. The van der Waals surface area contributed by atoms with Crippen LogP contribution in [0, 0.1) is 5.82 Å². The van der Waals surface area contributed by atoms with Crippen LogP contribution < -0.4 is 0 Å². The van der Waals surface area contributed by atoms with Crippen molar-refractivity contribution in [2.75, 3.05) is 19.6 Å². The van der Waals surface area contributed by atoms with Crippen molar-refractivity contribution < 1.29 is 18.8 Å². The number of imide groups is 1. The van der Waals surface area contributed by atoms with Crippen molar-refractivity contribution in [1.82, 2.24) is 9.80 Å². The van der Waals surface area contributed by atoms with Crippen molar-refractivity contribution in [1.29, 1.82) is 0 Å². The minimum absolute atomic E-state index is 0.228. The molecule has 3 amide bonds. The van der Waals surface area contributed by atoms with Crippen LogP contribution >= 0.6 is 11.8 Å². The molecule has 0 N–H and O–H groups in total. The van der Waals surface area contributed by atoms with Gasteiger partial charge in [-0.05, 0) is 48.4 Å². The lowest BCUT2D eigenvalue weighted by Crippen LogP contribution is -2.42. The molecule has 0 spiro atoms. The molecule has 0 aromatic heterocycles. The number of benzene rings is 1. The maximum atomic E-state index is 12.9. The lowest BCUT2D eigenvalue weighted by atomic mass is 10.2. The number of amides is 3. The quantitative estimate of drug-likeness (QED) is 0.695. The third-order valence-corrected chi connectivity index (χ3v) is 4.58. The van der Waals surface area contributed by atoms with Crippen LogP contribution in [-0.2, 0) is 9.59 Å². The Labute approximate surface area is 150 Å². The molecular weight excluding hydrogens is 343 g/mol.